The first kappa shape index (κ1) is 12.2. The minimum absolute atomic E-state index is 0.698. The van der Waals surface area contributed by atoms with Gasteiger partial charge in [-0.1, -0.05) is 6.92 Å². The van der Waals surface area contributed by atoms with Crippen molar-refractivity contribution >= 4 is 0 Å². The lowest BCUT2D eigenvalue weighted by molar-refractivity contribution is 0.332. The molecule has 0 bridgehead atoms. The first-order valence-corrected chi connectivity index (χ1v) is 7.34. The Bertz CT molecular complexity index is 382. The number of hydrogen-bond acceptors (Lipinski definition) is 3. The molecule has 1 N–H and O–H groups in total. The lowest BCUT2D eigenvalue weighted by Crippen LogP contribution is -2.29. The monoisotopic (exact) mass is 248 g/mol. The van der Waals surface area contributed by atoms with E-state index in [9.17, 15) is 0 Å². The van der Waals surface area contributed by atoms with Gasteiger partial charge in [-0.25, -0.2) is 0 Å². The summed E-state index contributed by atoms with van der Waals surface area (Å²) in [7, 11) is 0. The zero-order chi connectivity index (χ0) is 12.4. The van der Waals surface area contributed by atoms with Gasteiger partial charge < -0.3 is 14.6 Å². The molecule has 1 saturated heterocycles. The summed E-state index contributed by atoms with van der Waals surface area (Å²) >= 11 is 0. The van der Waals surface area contributed by atoms with Crippen LogP contribution in [-0.2, 0) is 6.54 Å². The van der Waals surface area contributed by atoms with Gasteiger partial charge in [-0.05, 0) is 50.4 Å². The predicted molar refractivity (Wildman–Crippen MR) is 72.6 cm³/mol. The largest absolute Gasteiger partial charge is 0.464 e. The van der Waals surface area contributed by atoms with Crippen LogP contribution in [0.2, 0.25) is 0 Å². The summed E-state index contributed by atoms with van der Waals surface area (Å²) < 4.78 is 5.87. The van der Waals surface area contributed by atoms with E-state index in [1.165, 1.54) is 44.7 Å². The molecule has 2 aliphatic rings. The average molecular weight is 248 g/mol. The van der Waals surface area contributed by atoms with E-state index in [1.807, 2.05) is 0 Å². The maximum atomic E-state index is 5.87. The van der Waals surface area contributed by atoms with Crippen molar-refractivity contribution in [2.24, 2.45) is 5.92 Å². The highest BCUT2D eigenvalue weighted by Gasteiger charge is 2.36. The van der Waals surface area contributed by atoms with Crippen molar-refractivity contribution in [2.45, 2.75) is 38.6 Å². The lowest BCUT2D eigenvalue weighted by atomic mass is 10.3. The van der Waals surface area contributed by atoms with Gasteiger partial charge in [0, 0.05) is 19.0 Å². The molecule has 2 fully saturated rings. The summed E-state index contributed by atoms with van der Waals surface area (Å²) in [6.07, 6.45) is 4.05. The zero-order valence-corrected chi connectivity index (χ0v) is 11.3. The molecule has 1 aliphatic heterocycles. The number of nitrogens with zero attached hydrogens (tertiary/aromatic N) is 1. The SMILES string of the molecule is CC1CC1c1ccc(CNCCN2CCCC2)o1. The Morgan fingerprint density at radius 3 is 2.83 bits per heavy atom. The van der Waals surface area contributed by atoms with Gasteiger partial charge in [-0.15, -0.1) is 0 Å². The number of hydrogen-bond donors (Lipinski definition) is 1. The molecule has 2 atom stereocenters. The molecule has 2 unspecified atom stereocenters. The highest BCUT2D eigenvalue weighted by molar-refractivity contribution is 5.17. The van der Waals surface area contributed by atoms with E-state index in [0.717, 1.165) is 24.8 Å². The van der Waals surface area contributed by atoms with Crippen molar-refractivity contribution in [3.63, 3.8) is 0 Å². The molecule has 3 heteroatoms. The first-order valence-electron chi connectivity index (χ1n) is 7.34. The maximum Gasteiger partial charge on any atom is 0.117 e. The maximum absolute atomic E-state index is 5.87. The van der Waals surface area contributed by atoms with Crippen molar-refractivity contribution in [1.82, 2.24) is 10.2 Å². The van der Waals surface area contributed by atoms with Gasteiger partial charge in [-0.2, -0.15) is 0 Å². The Kier molecular flexibility index (Phi) is 3.71. The van der Waals surface area contributed by atoms with Crippen molar-refractivity contribution in [1.29, 1.82) is 0 Å². The van der Waals surface area contributed by atoms with E-state index in [2.05, 4.69) is 29.3 Å². The van der Waals surface area contributed by atoms with E-state index >= 15 is 0 Å². The Morgan fingerprint density at radius 2 is 2.11 bits per heavy atom. The number of rotatable bonds is 6. The van der Waals surface area contributed by atoms with Crippen LogP contribution in [0.3, 0.4) is 0 Å². The minimum atomic E-state index is 0.698. The topological polar surface area (TPSA) is 28.4 Å². The van der Waals surface area contributed by atoms with Crippen molar-refractivity contribution in [3.8, 4) is 0 Å². The summed E-state index contributed by atoms with van der Waals surface area (Å²) in [5.74, 6) is 3.81. The van der Waals surface area contributed by atoms with Crippen LogP contribution < -0.4 is 5.32 Å². The Labute approximate surface area is 110 Å². The van der Waals surface area contributed by atoms with Crippen LogP contribution in [0.4, 0.5) is 0 Å². The molecule has 0 radical (unpaired) electrons. The number of nitrogens with one attached hydrogen (secondary N) is 1. The summed E-state index contributed by atoms with van der Waals surface area (Å²) in [4.78, 5) is 2.53. The summed E-state index contributed by atoms with van der Waals surface area (Å²) in [5, 5.41) is 3.48. The van der Waals surface area contributed by atoms with E-state index in [-0.39, 0.29) is 0 Å². The van der Waals surface area contributed by atoms with Gasteiger partial charge in [0.25, 0.3) is 0 Å². The summed E-state index contributed by atoms with van der Waals surface area (Å²) in [6, 6.07) is 4.29. The second-order valence-electron chi connectivity index (χ2n) is 5.85. The number of likely N-dealkylation sites (tertiary alicyclic amines) is 1. The molecular weight excluding hydrogens is 224 g/mol. The number of furan rings is 1. The zero-order valence-electron chi connectivity index (χ0n) is 11.3. The van der Waals surface area contributed by atoms with Crippen molar-refractivity contribution < 1.29 is 4.42 Å². The summed E-state index contributed by atoms with van der Waals surface area (Å²) in [6.45, 7) is 7.97. The fraction of sp³-hybridized carbons (Fsp3) is 0.733. The van der Waals surface area contributed by atoms with Crippen LogP contribution in [-0.4, -0.2) is 31.1 Å². The Balaban J connectivity index is 1.36. The van der Waals surface area contributed by atoms with E-state index in [0.29, 0.717) is 5.92 Å². The van der Waals surface area contributed by atoms with Crippen LogP contribution in [0.1, 0.15) is 43.6 Å². The van der Waals surface area contributed by atoms with E-state index in [4.69, 9.17) is 4.42 Å². The normalized spacial score (nSPS) is 27.8. The van der Waals surface area contributed by atoms with Crippen LogP contribution in [0.25, 0.3) is 0 Å². The molecule has 2 heterocycles. The molecule has 100 valence electrons. The van der Waals surface area contributed by atoms with Crippen molar-refractivity contribution in [2.75, 3.05) is 26.2 Å². The lowest BCUT2D eigenvalue weighted by Gasteiger charge is -2.14. The molecule has 3 nitrogen and oxygen atoms in total. The highest BCUT2D eigenvalue weighted by atomic mass is 16.3. The van der Waals surface area contributed by atoms with Gasteiger partial charge in [0.1, 0.15) is 11.5 Å². The quantitative estimate of drug-likeness (QED) is 0.784. The second-order valence-corrected chi connectivity index (χ2v) is 5.85. The first-order chi connectivity index (χ1) is 8.83. The molecular formula is C15H24N2O. The van der Waals surface area contributed by atoms with Crippen LogP contribution in [0.5, 0.6) is 0 Å². The molecule has 0 spiro atoms. The standard InChI is InChI=1S/C15H24N2O/c1-12-10-14(12)15-5-4-13(18-15)11-16-6-9-17-7-2-3-8-17/h4-5,12,14,16H,2-3,6-11H2,1H3. The smallest absolute Gasteiger partial charge is 0.117 e. The second kappa shape index (κ2) is 5.45. The molecule has 1 aromatic heterocycles. The molecule has 1 aromatic rings. The Hall–Kier alpha value is -0.800. The van der Waals surface area contributed by atoms with Crippen LogP contribution in [0.15, 0.2) is 16.5 Å². The fourth-order valence-electron chi connectivity index (χ4n) is 2.86. The van der Waals surface area contributed by atoms with Gasteiger partial charge in [0.05, 0.1) is 6.54 Å². The molecule has 1 aliphatic carbocycles. The molecule has 1 saturated carbocycles. The van der Waals surface area contributed by atoms with Gasteiger partial charge in [-0.3, -0.25) is 0 Å². The van der Waals surface area contributed by atoms with Crippen LogP contribution >= 0.6 is 0 Å². The van der Waals surface area contributed by atoms with Gasteiger partial charge >= 0.3 is 0 Å². The van der Waals surface area contributed by atoms with E-state index < -0.39 is 0 Å². The van der Waals surface area contributed by atoms with Crippen molar-refractivity contribution in [3.05, 3.63) is 23.7 Å². The summed E-state index contributed by atoms with van der Waals surface area (Å²) in [5.41, 5.74) is 0. The van der Waals surface area contributed by atoms with E-state index in [1.54, 1.807) is 0 Å². The minimum Gasteiger partial charge on any atom is -0.464 e. The Morgan fingerprint density at radius 1 is 1.33 bits per heavy atom. The highest BCUT2D eigenvalue weighted by Crippen LogP contribution is 2.47. The fourth-order valence-corrected chi connectivity index (χ4v) is 2.86. The third-order valence-electron chi connectivity index (χ3n) is 4.26. The third-order valence-corrected chi connectivity index (χ3v) is 4.26. The molecule has 18 heavy (non-hydrogen) atoms. The van der Waals surface area contributed by atoms with Gasteiger partial charge in [0.2, 0.25) is 0 Å². The molecule has 0 aromatic carbocycles. The predicted octanol–water partition coefficient (Wildman–Crippen LogP) is 2.59. The van der Waals surface area contributed by atoms with Gasteiger partial charge in [0.15, 0.2) is 0 Å². The van der Waals surface area contributed by atoms with Crippen LogP contribution in [0, 0.1) is 5.92 Å². The third kappa shape index (κ3) is 2.96. The average Bonchev–Trinajstić information content (AvgIpc) is 2.86. The molecule has 0 amide bonds. The molecule has 3 rings (SSSR count).